The van der Waals surface area contributed by atoms with Crippen molar-refractivity contribution in [3.63, 3.8) is 0 Å². The number of carbonyl (C=O) groups excluding carboxylic acids is 1. The fraction of sp³-hybridized carbons (Fsp3) is 0.250. The van der Waals surface area contributed by atoms with Crippen molar-refractivity contribution in [1.29, 1.82) is 0 Å². The number of anilines is 1. The Kier molecular flexibility index (Phi) is 4.03. The summed E-state index contributed by atoms with van der Waals surface area (Å²) in [5, 5.41) is 27.4. The van der Waals surface area contributed by atoms with Crippen LogP contribution in [0.15, 0.2) is 12.4 Å². The molecule has 17 heavy (non-hydrogen) atoms. The fourth-order valence-electron chi connectivity index (χ4n) is 1.02. The number of nitrogens with one attached hydrogen (secondary N) is 3. The van der Waals surface area contributed by atoms with Gasteiger partial charge in [-0.25, -0.2) is 9.59 Å². The maximum absolute atomic E-state index is 11.3. The highest BCUT2D eigenvalue weighted by Crippen LogP contribution is 2.01. The lowest BCUT2D eigenvalue weighted by molar-refractivity contribution is -0.145. The topological polar surface area (TPSA) is 144 Å². The van der Waals surface area contributed by atoms with Gasteiger partial charge in [0.1, 0.15) is 6.04 Å². The lowest BCUT2D eigenvalue weighted by atomic mass is 10.2. The SMILES string of the molecule is O=C(O)CC(NC(=O)Nc1cn[nH]c1)C(=O)O. The maximum atomic E-state index is 11.3. The van der Waals surface area contributed by atoms with E-state index in [1.54, 1.807) is 0 Å². The van der Waals surface area contributed by atoms with Crippen LogP contribution in [-0.2, 0) is 9.59 Å². The number of nitrogens with zero attached hydrogens (tertiary/aromatic N) is 1. The molecule has 0 aliphatic heterocycles. The minimum Gasteiger partial charge on any atom is -0.481 e. The van der Waals surface area contributed by atoms with Crippen LogP contribution in [0.2, 0.25) is 0 Å². The highest BCUT2D eigenvalue weighted by atomic mass is 16.4. The Balaban J connectivity index is 2.52. The van der Waals surface area contributed by atoms with Crippen molar-refractivity contribution >= 4 is 23.7 Å². The Hall–Kier alpha value is -2.58. The Morgan fingerprint density at radius 1 is 1.41 bits per heavy atom. The first kappa shape index (κ1) is 12.5. The molecule has 1 unspecified atom stereocenters. The van der Waals surface area contributed by atoms with Crippen LogP contribution in [-0.4, -0.2) is 44.4 Å². The van der Waals surface area contributed by atoms with Crippen LogP contribution < -0.4 is 10.6 Å². The summed E-state index contributed by atoms with van der Waals surface area (Å²) in [5.41, 5.74) is 0.335. The Labute approximate surface area is 94.8 Å². The average molecular weight is 242 g/mol. The van der Waals surface area contributed by atoms with Gasteiger partial charge in [0.25, 0.3) is 0 Å². The van der Waals surface area contributed by atoms with Crippen molar-refractivity contribution in [2.45, 2.75) is 12.5 Å². The van der Waals surface area contributed by atoms with E-state index in [9.17, 15) is 14.4 Å². The van der Waals surface area contributed by atoms with Crippen LogP contribution in [0.4, 0.5) is 10.5 Å². The summed E-state index contributed by atoms with van der Waals surface area (Å²) in [6, 6.07) is -2.31. The van der Waals surface area contributed by atoms with E-state index in [4.69, 9.17) is 10.2 Å². The number of carbonyl (C=O) groups is 3. The van der Waals surface area contributed by atoms with Gasteiger partial charge in [-0.05, 0) is 0 Å². The molecule has 92 valence electrons. The molecule has 1 rings (SSSR count). The molecule has 1 aromatic heterocycles. The van der Waals surface area contributed by atoms with Crippen LogP contribution in [0.25, 0.3) is 0 Å². The summed E-state index contributed by atoms with van der Waals surface area (Å²) in [6.45, 7) is 0. The molecule has 0 fully saturated rings. The third-order valence-corrected chi connectivity index (χ3v) is 1.74. The van der Waals surface area contributed by atoms with Crippen molar-refractivity contribution in [3.8, 4) is 0 Å². The van der Waals surface area contributed by atoms with Gasteiger partial charge in [-0.3, -0.25) is 9.89 Å². The monoisotopic (exact) mass is 242 g/mol. The van der Waals surface area contributed by atoms with E-state index < -0.39 is 30.4 Å². The van der Waals surface area contributed by atoms with Crippen molar-refractivity contribution in [2.24, 2.45) is 0 Å². The molecular formula is C8H10N4O5. The number of carboxylic acid groups (broad SMARTS) is 2. The van der Waals surface area contributed by atoms with E-state index in [1.165, 1.54) is 12.4 Å². The lowest BCUT2D eigenvalue weighted by Crippen LogP contribution is -2.44. The van der Waals surface area contributed by atoms with Crippen molar-refractivity contribution in [2.75, 3.05) is 5.32 Å². The predicted molar refractivity (Wildman–Crippen MR) is 54.4 cm³/mol. The summed E-state index contributed by atoms with van der Waals surface area (Å²) in [6.07, 6.45) is 1.99. The van der Waals surface area contributed by atoms with Crippen LogP contribution >= 0.6 is 0 Å². The quantitative estimate of drug-likeness (QED) is 0.469. The molecule has 2 amide bonds. The largest absolute Gasteiger partial charge is 0.481 e. The summed E-state index contributed by atoms with van der Waals surface area (Å²) < 4.78 is 0. The molecular weight excluding hydrogens is 232 g/mol. The molecule has 0 aliphatic carbocycles. The number of rotatable bonds is 5. The van der Waals surface area contributed by atoms with Gasteiger partial charge in [0.2, 0.25) is 0 Å². The van der Waals surface area contributed by atoms with Gasteiger partial charge in [0, 0.05) is 6.20 Å². The van der Waals surface area contributed by atoms with E-state index in [0.29, 0.717) is 5.69 Å². The van der Waals surface area contributed by atoms with Crippen molar-refractivity contribution in [3.05, 3.63) is 12.4 Å². The van der Waals surface area contributed by atoms with E-state index in [1.807, 2.05) is 5.32 Å². The van der Waals surface area contributed by atoms with Crippen LogP contribution in [0.3, 0.4) is 0 Å². The number of H-pyrrole nitrogens is 1. The zero-order valence-corrected chi connectivity index (χ0v) is 8.51. The third kappa shape index (κ3) is 4.20. The molecule has 1 heterocycles. The molecule has 9 heteroatoms. The molecule has 0 spiro atoms. The molecule has 0 aromatic carbocycles. The Morgan fingerprint density at radius 2 is 2.12 bits per heavy atom. The van der Waals surface area contributed by atoms with Crippen LogP contribution in [0, 0.1) is 0 Å². The molecule has 1 aromatic rings. The molecule has 0 aliphatic rings. The molecule has 0 saturated heterocycles. The Morgan fingerprint density at radius 3 is 2.59 bits per heavy atom. The van der Waals surface area contributed by atoms with Gasteiger partial charge in [-0.15, -0.1) is 0 Å². The van der Waals surface area contributed by atoms with Crippen molar-refractivity contribution in [1.82, 2.24) is 15.5 Å². The van der Waals surface area contributed by atoms with Gasteiger partial charge in [0.05, 0.1) is 18.3 Å². The second-order valence-electron chi connectivity index (χ2n) is 3.07. The number of carboxylic acids is 2. The normalized spacial score (nSPS) is 11.5. The standard InChI is InChI=1S/C8H10N4O5/c13-6(14)1-5(7(15)16)12-8(17)11-4-2-9-10-3-4/h2-3,5H,1H2,(H,9,10)(H,13,14)(H,15,16)(H2,11,12,17). The minimum atomic E-state index is -1.49. The average Bonchev–Trinajstić information content (AvgIpc) is 2.68. The second kappa shape index (κ2) is 5.49. The number of aromatic amines is 1. The van der Waals surface area contributed by atoms with E-state index in [2.05, 4.69) is 15.5 Å². The Bertz CT molecular complexity index is 416. The zero-order chi connectivity index (χ0) is 12.8. The first-order valence-corrected chi connectivity index (χ1v) is 4.50. The number of hydrogen-bond acceptors (Lipinski definition) is 4. The summed E-state index contributed by atoms with van der Waals surface area (Å²) >= 11 is 0. The highest BCUT2D eigenvalue weighted by Gasteiger charge is 2.22. The number of aromatic nitrogens is 2. The van der Waals surface area contributed by atoms with E-state index in [0.717, 1.165) is 0 Å². The predicted octanol–water partition coefficient (Wildman–Crippen LogP) is -0.541. The number of aliphatic carboxylic acids is 2. The van der Waals surface area contributed by atoms with Crippen LogP contribution in [0.5, 0.6) is 0 Å². The van der Waals surface area contributed by atoms with Gasteiger partial charge in [-0.1, -0.05) is 0 Å². The van der Waals surface area contributed by atoms with E-state index >= 15 is 0 Å². The molecule has 1 atom stereocenters. The second-order valence-corrected chi connectivity index (χ2v) is 3.07. The number of amides is 2. The first-order valence-electron chi connectivity index (χ1n) is 4.50. The molecule has 0 saturated carbocycles. The molecule has 9 nitrogen and oxygen atoms in total. The summed E-state index contributed by atoms with van der Waals surface area (Å²) in [4.78, 5) is 32.3. The number of urea groups is 1. The fourth-order valence-corrected chi connectivity index (χ4v) is 1.02. The summed E-state index contributed by atoms with van der Waals surface area (Å²) in [5.74, 6) is -2.74. The van der Waals surface area contributed by atoms with Crippen molar-refractivity contribution < 1.29 is 24.6 Å². The van der Waals surface area contributed by atoms with Gasteiger partial charge >= 0.3 is 18.0 Å². The lowest BCUT2D eigenvalue weighted by Gasteiger charge is -2.12. The zero-order valence-electron chi connectivity index (χ0n) is 8.51. The number of hydrogen-bond donors (Lipinski definition) is 5. The van der Waals surface area contributed by atoms with Gasteiger partial charge < -0.3 is 20.8 Å². The summed E-state index contributed by atoms with van der Waals surface area (Å²) in [7, 11) is 0. The third-order valence-electron chi connectivity index (χ3n) is 1.74. The first-order chi connectivity index (χ1) is 7.99. The maximum Gasteiger partial charge on any atom is 0.326 e. The molecule has 0 radical (unpaired) electrons. The molecule has 0 bridgehead atoms. The highest BCUT2D eigenvalue weighted by molar-refractivity contribution is 5.93. The smallest absolute Gasteiger partial charge is 0.326 e. The van der Waals surface area contributed by atoms with Crippen LogP contribution in [0.1, 0.15) is 6.42 Å². The molecule has 5 N–H and O–H groups in total. The van der Waals surface area contributed by atoms with Gasteiger partial charge in [0.15, 0.2) is 0 Å². The van der Waals surface area contributed by atoms with E-state index in [-0.39, 0.29) is 0 Å². The van der Waals surface area contributed by atoms with Gasteiger partial charge in [-0.2, -0.15) is 5.10 Å². The minimum absolute atomic E-state index is 0.335.